The van der Waals surface area contributed by atoms with E-state index >= 15 is 0 Å². The van der Waals surface area contributed by atoms with E-state index in [2.05, 4.69) is 24.2 Å². The molecule has 1 aromatic heterocycles. The lowest BCUT2D eigenvalue weighted by Crippen LogP contribution is -2.38. The highest BCUT2D eigenvalue weighted by atomic mass is 35.5. The van der Waals surface area contributed by atoms with Crippen molar-refractivity contribution in [2.45, 2.75) is 38.4 Å². The first-order chi connectivity index (χ1) is 7.66. The second-order valence-electron chi connectivity index (χ2n) is 4.61. The van der Waals surface area contributed by atoms with Gasteiger partial charge in [-0.15, -0.1) is 11.3 Å². The molecule has 1 unspecified atom stereocenters. The fraction of sp³-hybridized carbons (Fsp3) is 0.667. The summed E-state index contributed by atoms with van der Waals surface area (Å²) >= 11 is 7.60. The molecule has 0 saturated heterocycles. The highest BCUT2D eigenvalue weighted by Gasteiger charge is 2.28. The fourth-order valence-electron chi connectivity index (χ4n) is 1.84. The number of likely N-dealkylation sites (N-methyl/N-ethyl adjacent to an activating group) is 1. The number of halogens is 1. The smallest absolute Gasteiger partial charge is 0.0516 e. The third kappa shape index (κ3) is 3.45. The first-order valence-corrected chi connectivity index (χ1v) is 7.08. The van der Waals surface area contributed by atoms with Gasteiger partial charge in [0.05, 0.1) is 5.02 Å². The Labute approximate surface area is 107 Å². The van der Waals surface area contributed by atoms with Crippen LogP contribution in [0.25, 0.3) is 0 Å². The molecule has 1 aliphatic rings. The zero-order chi connectivity index (χ0) is 11.5. The predicted octanol–water partition coefficient (Wildman–Crippen LogP) is 2.97. The largest absolute Gasteiger partial charge is 0.310 e. The summed E-state index contributed by atoms with van der Waals surface area (Å²) in [4.78, 5) is 3.79. The van der Waals surface area contributed by atoms with Crippen LogP contribution in [0.4, 0.5) is 0 Å². The van der Waals surface area contributed by atoms with Crippen molar-refractivity contribution < 1.29 is 0 Å². The number of hydrogen-bond acceptors (Lipinski definition) is 3. The van der Waals surface area contributed by atoms with E-state index in [1.54, 1.807) is 11.3 Å². The molecule has 0 spiro atoms. The van der Waals surface area contributed by atoms with Crippen molar-refractivity contribution in [3.05, 3.63) is 21.3 Å². The third-order valence-corrected chi connectivity index (χ3v) is 4.46. The normalized spacial score (nSPS) is 18.0. The molecule has 1 atom stereocenters. The average molecular weight is 259 g/mol. The highest BCUT2D eigenvalue weighted by Crippen LogP contribution is 2.26. The quantitative estimate of drug-likeness (QED) is 0.844. The van der Waals surface area contributed by atoms with Crippen LogP contribution in [0.3, 0.4) is 0 Å². The first kappa shape index (κ1) is 12.4. The van der Waals surface area contributed by atoms with Crippen LogP contribution < -0.4 is 5.32 Å². The summed E-state index contributed by atoms with van der Waals surface area (Å²) in [5.74, 6) is 0. The number of nitrogens with one attached hydrogen (secondary N) is 1. The van der Waals surface area contributed by atoms with E-state index in [-0.39, 0.29) is 0 Å². The number of hydrogen-bond donors (Lipinski definition) is 1. The number of nitrogens with zero attached hydrogens (tertiary/aromatic N) is 1. The number of rotatable bonds is 6. The van der Waals surface area contributed by atoms with Crippen LogP contribution >= 0.6 is 22.9 Å². The van der Waals surface area contributed by atoms with Crippen molar-refractivity contribution in [1.29, 1.82) is 0 Å². The van der Waals surface area contributed by atoms with Crippen molar-refractivity contribution >= 4 is 22.9 Å². The van der Waals surface area contributed by atoms with Crippen molar-refractivity contribution in [1.82, 2.24) is 10.2 Å². The molecule has 1 saturated carbocycles. The Kier molecular flexibility index (Phi) is 4.25. The second kappa shape index (κ2) is 5.50. The monoisotopic (exact) mass is 258 g/mol. The van der Waals surface area contributed by atoms with Gasteiger partial charge in [-0.05, 0) is 32.9 Å². The van der Waals surface area contributed by atoms with E-state index in [1.165, 1.54) is 17.7 Å². The molecule has 0 bridgehead atoms. The van der Waals surface area contributed by atoms with Gasteiger partial charge in [0.25, 0.3) is 0 Å². The van der Waals surface area contributed by atoms with Gasteiger partial charge >= 0.3 is 0 Å². The van der Waals surface area contributed by atoms with Crippen LogP contribution in [0.5, 0.6) is 0 Å². The molecular formula is C12H19ClN2S. The van der Waals surface area contributed by atoms with E-state index in [9.17, 15) is 0 Å². The van der Waals surface area contributed by atoms with E-state index in [4.69, 9.17) is 11.6 Å². The van der Waals surface area contributed by atoms with Gasteiger partial charge in [0.2, 0.25) is 0 Å². The van der Waals surface area contributed by atoms with Crippen LogP contribution in [0.2, 0.25) is 5.02 Å². The molecule has 0 radical (unpaired) electrons. The van der Waals surface area contributed by atoms with Crippen LogP contribution in [-0.2, 0) is 6.54 Å². The van der Waals surface area contributed by atoms with Crippen LogP contribution in [0.1, 0.15) is 24.6 Å². The maximum Gasteiger partial charge on any atom is 0.0516 e. The topological polar surface area (TPSA) is 15.3 Å². The van der Waals surface area contributed by atoms with Gasteiger partial charge in [-0.3, -0.25) is 4.90 Å². The molecular weight excluding hydrogens is 240 g/mol. The van der Waals surface area contributed by atoms with Gasteiger partial charge in [0, 0.05) is 35.4 Å². The third-order valence-electron chi connectivity index (χ3n) is 3.18. The van der Waals surface area contributed by atoms with Gasteiger partial charge in [-0.1, -0.05) is 11.6 Å². The lowest BCUT2D eigenvalue weighted by Gasteiger charge is -2.24. The summed E-state index contributed by atoms with van der Waals surface area (Å²) in [5.41, 5.74) is 0. The minimum atomic E-state index is 0.614. The first-order valence-electron chi connectivity index (χ1n) is 5.82. The molecule has 1 heterocycles. The summed E-state index contributed by atoms with van der Waals surface area (Å²) in [7, 11) is 2.23. The minimum Gasteiger partial charge on any atom is -0.310 e. The SMILES string of the molecule is CC(CNCc1cc(Cl)cs1)N(C)C1CC1. The minimum absolute atomic E-state index is 0.614. The lowest BCUT2D eigenvalue weighted by atomic mass is 10.3. The molecule has 0 amide bonds. The summed E-state index contributed by atoms with van der Waals surface area (Å²) < 4.78 is 0. The molecule has 1 fully saturated rings. The van der Waals surface area contributed by atoms with E-state index in [1.807, 2.05) is 11.4 Å². The lowest BCUT2D eigenvalue weighted by molar-refractivity contribution is 0.241. The van der Waals surface area contributed by atoms with Crippen LogP contribution in [-0.4, -0.2) is 30.6 Å². The van der Waals surface area contributed by atoms with Gasteiger partial charge in [0.1, 0.15) is 0 Å². The molecule has 90 valence electrons. The molecule has 2 rings (SSSR count). The summed E-state index contributed by atoms with van der Waals surface area (Å²) in [6.45, 7) is 4.26. The van der Waals surface area contributed by atoms with Crippen LogP contribution in [0, 0.1) is 0 Å². The van der Waals surface area contributed by atoms with E-state index < -0.39 is 0 Å². The van der Waals surface area contributed by atoms with Crippen molar-refractivity contribution in [3.63, 3.8) is 0 Å². The summed E-state index contributed by atoms with van der Waals surface area (Å²) in [6, 6.07) is 3.49. The Morgan fingerprint density at radius 1 is 1.62 bits per heavy atom. The standard InChI is InChI=1S/C12H19ClN2S/c1-9(15(2)11-3-4-11)6-14-7-12-5-10(13)8-16-12/h5,8-9,11,14H,3-4,6-7H2,1-2H3. The predicted molar refractivity (Wildman–Crippen MR) is 71.3 cm³/mol. The van der Waals surface area contributed by atoms with Crippen molar-refractivity contribution in [2.75, 3.05) is 13.6 Å². The number of thiophene rings is 1. The summed E-state index contributed by atoms with van der Waals surface area (Å²) in [5, 5.41) is 6.32. The maximum atomic E-state index is 5.88. The van der Waals surface area contributed by atoms with Gasteiger partial charge in [-0.2, -0.15) is 0 Å². The van der Waals surface area contributed by atoms with E-state index in [0.29, 0.717) is 6.04 Å². The Morgan fingerprint density at radius 3 is 2.94 bits per heavy atom. The fourth-order valence-corrected chi connectivity index (χ4v) is 2.88. The molecule has 1 aliphatic carbocycles. The van der Waals surface area contributed by atoms with Gasteiger partial charge in [-0.25, -0.2) is 0 Å². The molecule has 2 nitrogen and oxygen atoms in total. The Hall–Kier alpha value is -0.0900. The molecule has 1 aromatic rings. The summed E-state index contributed by atoms with van der Waals surface area (Å²) in [6.07, 6.45) is 2.75. The van der Waals surface area contributed by atoms with E-state index in [0.717, 1.165) is 24.2 Å². The Bertz CT molecular complexity index is 336. The molecule has 1 N–H and O–H groups in total. The maximum absolute atomic E-state index is 5.88. The molecule has 0 aliphatic heterocycles. The average Bonchev–Trinajstić information content (AvgIpc) is 3.02. The Balaban J connectivity index is 1.67. The molecule has 0 aromatic carbocycles. The molecule has 4 heteroatoms. The molecule has 16 heavy (non-hydrogen) atoms. The van der Waals surface area contributed by atoms with Gasteiger partial charge in [0.15, 0.2) is 0 Å². The van der Waals surface area contributed by atoms with Crippen LogP contribution in [0.15, 0.2) is 11.4 Å². The zero-order valence-electron chi connectivity index (χ0n) is 9.87. The highest BCUT2D eigenvalue weighted by molar-refractivity contribution is 7.10. The zero-order valence-corrected chi connectivity index (χ0v) is 11.4. The van der Waals surface area contributed by atoms with Crippen molar-refractivity contribution in [2.24, 2.45) is 0 Å². The Morgan fingerprint density at radius 2 is 2.38 bits per heavy atom. The van der Waals surface area contributed by atoms with Gasteiger partial charge < -0.3 is 5.32 Å². The second-order valence-corrected chi connectivity index (χ2v) is 6.04. The van der Waals surface area contributed by atoms with Crippen molar-refractivity contribution in [3.8, 4) is 0 Å².